The van der Waals surface area contributed by atoms with Gasteiger partial charge in [0.25, 0.3) is 5.91 Å². The molecule has 0 bridgehead atoms. The maximum atomic E-state index is 13.1. The van der Waals surface area contributed by atoms with Crippen molar-refractivity contribution in [1.82, 2.24) is 9.62 Å². The summed E-state index contributed by atoms with van der Waals surface area (Å²) in [5.74, 6) is -0.393. The first-order valence-electron chi connectivity index (χ1n) is 11.2. The molecule has 1 saturated heterocycles. The zero-order valence-electron chi connectivity index (χ0n) is 19.3. The second kappa shape index (κ2) is 9.94. The van der Waals surface area contributed by atoms with Crippen molar-refractivity contribution in [3.8, 4) is 0 Å². The Hall–Kier alpha value is -1.89. The van der Waals surface area contributed by atoms with Crippen LogP contribution in [0, 0.1) is 0 Å². The molecule has 174 valence electrons. The Morgan fingerprint density at radius 3 is 2.16 bits per heavy atom. The largest absolute Gasteiger partial charge is 0.345 e. The number of sulfonamides is 1. The Kier molecular flexibility index (Phi) is 7.69. The van der Waals surface area contributed by atoms with E-state index in [2.05, 4.69) is 38.2 Å². The van der Waals surface area contributed by atoms with Crippen molar-refractivity contribution in [3.63, 3.8) is 0 Å². The third kappa shape index (κ3) is 5.72. The van der Waals surface area contributed by atoms with Gasteiger partial charge in [-0.1, -0.05) is 69.5 Å². The first-order chi connectivity index (χ1) is 15.0. The van der Waals surface area contributed by atoms with Crippen molar-refractivity contribution < 1.29 is 13.2 Å². The molecule has 1 amide bonds. The van der Waals surface area contributed by atoms with Crippen molar-refractivity contribution in [3.05, 3.63) is 64.2 Å². The van der Waals surface area contributed by atoms with Crippen molar-refractivity contribution in [2.24, 2.45) is 0 Å². The van der Waals surface area contributed by atoms with E-state index in [9.17, 15) is 13.2 Å². The Labute approximate surface area is 197 Å². The van der Waals surface area contributed by atoms with Gasteiger partial charge in [0.05, 0.1) is 21.5 Å². The quantitative estimate of drug-likeness (QED) is 0.602. The van der Waals surface area contributed by atoms with Gasteiger partial charge in [-0.3, -0.25) is 4.79 Å². The number of hydrogen-bond acceptors (Lipinski definition) is 3. The molecule has 0 saturated carbocycles. The third-order valence-electron chi connectivity index (χ3n) is 6.01. The number of nitrogens with zero attached hydrogens (tertiary/aromatic N) is 1. The molecule has 1 unspecified atom stereocenters. The normalized spacial score (nSPS) is 16.9. The van der Waals surface area contributed by atoms with Crippen LogP contribution in [-0.2, 0) is 15.4 Å². The molecule has 1 atom stereocenters. The number of rotatable bonds is 5. The Morgan fingerprint density at radius 2 is 1.59 bits per heavy atom. The topological polar surface area (TPSA) is 66.5 Å². The maximum Gasteiger partial charge on any atom is 0.253 e. The lowest BCUT2D eigenvalue weighted by atomic mass is 9.86. The molecule has 0 aliphatic carbocycles. The lowest BCUT2D eigenvalue weighted by molar-refractivity contribution is 0.0940. The van der Waals surface area contributed by atoms with Gasteiger partial charge >= 0.3 is 0 Å². The summed E-state index contributed by atoms with van der Waals surface area (Å²) in [4.78, 5) is 13.1. The Bertz CT molecular complexity index is 1050. The second-order valence-electron chi connectivity index (χ2n) is 9.53. The summed E-state index contributed by atoms with van der Waals surface area (Å²) < 4.78 is 27.8. The maximum absolute atomic E-state index is 13.1. The van der Waals surface area contributed by atoms with Gasteiger partial charge in [0, 0.05) is 13.1 Å². The number of nitrogens with one attached hydrogen (secondary N) is 1. The van der Waals surface area contributed by atoms with Crippen LogP contribution in [0.3, 0.4) is 0 Å². The highest BCUT2D eigenvalue weighted by atomic mass is 35.5. The molecule has 1 aliphatic heterocycles. The first-order valence-corrected chi connectivity index (χ1v) is 13.0. The van der Waals surface area contributed by atoms with Gasteiger partial charge in [-0.25, -0.2) is 8.42 Å². The average molecular weight is 477 g/mol. The van der Waals surface area contributed by atoms with E-state index in [-0.39, 0.29) is 26.9 Å². The predicted molar refractivity (Wildman–Crippen MR) is 130 cm³/mol. The summed E-state index contributed by atoms with van der Waals surface area (Å²) >= 11 is 6.28. The van der Waals surface area contributed by atoms with Gasteiger partial charge in [0.15, 0.2) is 0 Å². The number of halogens is 1. The van der Waals surface area contributed by atoms with Crippen LogP contribution in [0.15, 0.2) is 47.4 Å². The fraction of sp³-hybridized carbons (Fsp3) is 0.480. The summed E-state index contributed by atoms with van der Waals surface area (Å²) in [6, 6.07) is 12.3. The molecule has 32 heavy (non-hydrogen) atoms. The van der Waals surface area contributed by atoms with E-state index in [4.69, 9.17) is 11.6 Å². The number of benzene rings is 2. The van der Waals surface area contributed by atoms with Crippen molar-refractivity contribution in [2.75, 3.05) is 13.1 Å². The summed E-state index contributed by atoms with van der Waals surface area (Å²) in [5, 5.41) is 3.18. The van der Waals surface area contributed by atoms with Crippen molar-refractivity contribution in [1.29, 1.82) is 0 Å². The highest BCUT2D eigenvalue weighted by molar-refractivity contribution is 7.89. The van der Waals surface area contributed by atoms with Crippen molar-refractivity contribution >= 4 is 27.5 Å². The fourth-order valence-corrected chi connectivity index (χ4v) is 5.65. The van der Waals surface area contributed by atoms with Crippen LogP contribution in [0.5, 0.6) is 0 Å². The lowest BCUT2D eigenvalue weighted by Gasteiger charge is -2.21. The molecule has 0 spiro atoms. The summed E-state index contributed by atoms with van der Waals surface area (Å²) in [5.41, 5.74) is 2.41. The molecule has 0 aromatic heterocycles. The molecular weight excluding hydrogens is 444 g/mol. The average Bonchev–Trinajstić information content (AvgIpc) is 3.03. The van der Waals surface area contributed by atoms with E-state index in [1.807, 2.05) is 19.1 Å². The monoisotopic (exact) mass is 476 g/mol. The molecule has 1 fully saturated rings. The Balaban J connectivity index is 1.79. The molecule has 1 heterocycles. The van der Waals surface area contributed by atoms with Crippen LogP contribution >= 0.6 is 11.6 Å². The summed E-state index contributed by atoms with van der Waals surface area (Å²) in [6.45, 7) is 9.38. The SMILES string of the molecule is CC(NC(=O)c1cc(S(=O)(=O)N2CCCCCC2)ccc1Cl)c1ccc(C(C)(C)C)cc1. The summed E-state index contributed by atoms with van der Waals surface area (Å²) in [7, 11) is -3.66. The van der Waals surface area contributed by atoms with E-state index in [1.54, 1.807) is 0 Å². The lowest BCUT2D eigenvalue weighted by Crippen LogP contribution is -2.32. The van der Waals surface area contributed by atoms with E-state index in [1.165, 1.54) is 28.1 Å². The number of hydrogen-bond donors (Lipinski definition) is 1. The van der Waals surface area contributed by atoms with Gasteiger partial charge in [0.2, 0.25) is 10.0 Å². The summed E-state index contributed by atoms with van der Waals surface area (Å²) in [6.07, 6.45) is 3.78. The zero-order valence-corrected chi connectivity index (χ0v) is 20.9. The molecule has 1 N–H and O–H groups in total. The smallest absolute Gasteiger partial charge is 0.253 e. The van der Waals surface area contributed by atoms with E-state index < -0.39 is 15.9 Å². The predicted octanol–water partition coefficient (Wildman–Crippen LogP) is 5.69. The number of amides is 1. The van der Waals surface area contributed by atoms with E-state index in [0.29, 0.717) is 13.1 Å². The fourth-order valence-electron chi connectivity index (χ4n) is 3.90. The number of carbonyl (C=O) groups is 1. The van der Waals surface area contributed by atoms with Gasteiger partial charge in [-0.15, -0.1) is 0 Å². The minimum absolute atomic E-state index is 0.0534. The van der Waals surface area contributed by atoms with Crippen LogP contribution < -0.4 is 5.32 Å². The van der Waals surface area contributed by atoms with Crippen LogP contribution in [-0.4, -0.2) is 31.7 Å². The van der Waals surface area contributed by atoms with Gasteiger partial charge in [-0.05, 0) is 54.5 Å². The van der Waals surface area contributed by atoms with E-state index in [0.717, 1.165) is 31.2 Å². The van der Waals surface area contributed by atoms with Gasteiger partial charge in [-0.2, -0.15) is 4.31 Å². The minimum atomic E-state index is -3.66. The Morgan fingerprint density at radius 1 is 1.00 bits per heavy atom. The minimum Gasteiger partial charge on any atom is -0.345 e. The van der Waals surface area contributed by atoms with Crippen molar-refractivity contribution in [2.45, 2.75) is 69.7 Å². The molecule has 1 aliphatic rings. The molecule has 2 aromatic carbocycles. The third-order valence-corrected chi connectivity index (χ3v) is 8.23. The molecule has 2 aromatic rings. The van der Waals surface area contributed by atoms with Crippen LogP contribution in [0.4, 0.5) is 0 Å². The molecule has 5 nitrogen and oxygen atoms in total. The van der Waals surface area contributed by atoms with Crippen LogP contribution in [0.25, 0.3) is 0 Å². The van der Waals surface area contributed by atoms with Crippen LogP contribution in [0.1, 0.15) is 80.9 Å². The molecule has 3 rings (SSSR count). The van der Waals surface area contributed by atoms with E-state index >= 15 is 0 Å². The van der Waals surface area contributed by atoms with Gasteiger partial charge < -0.3 is 5.32 Å². The molecule has 7 heteroatoms. The second-order valence-corrected chi connectivity index (χ2v) is 11.9. The van der Waals surface area contributed by atoms with Gasteiger partial charge in [0.1, 0.15) is 0 Å². The highest BCUT2D eigenvalue weighted by Crippen LogP contribution is 2.27. The highest BCUT2D eigenvalue weighted by Gasteiger charge is 2.27. The standard InChI is InChI=1S/C25H33ClN2O3S/c1-18(19-9-11-20(12-10-19)25(2,3)4)27-24(29)22-17-21(13-14-23(22)26)32(30,31)28-15-7-5-6-8-16-28/h9-14,17-18H,5-8,15-16H2,1-4H3,(H,27,29). The molecule has 0 radical (unpaired) electrons. The zero-order chi connectivity index (χ0) is 23.5. The first kappa shape index (κ1) is 24.7. The van der Waals surface area contributed by atoms with Crippen LogP contribution in [0.2, 0.25) is 5.02 Å². The number of carbonyl (C=O) groups excluding carboxylic acids is 1. The molecular formula is C25H33ClN2O3S.